The second-order valence-electron chi connectivity index (χ2n) is 7.16. The molecule has 0 radical (unpaired) electrons. The summed E-state index contributed by atoms with van der Waals surface area (Å²) in [4.78, 5) is 28.3. The fourth-order valence-corrected chi connectivity index (χ4v) is 3.27. The second-order valence-corrected chi connectivity index (χ2v) is 7.16. The van der Waals surface area contributed by atoms with Gasteiger partial charge in [0.25, 0.3) is 5.91 Å². The first-order valence-corrected chi connectivity index (χ1v) is 9.61. The van der Waals surface area contributed by atoms with Gasteiger partial charge in [-0.25, -0.2) is 0 Å². The van der Waals surface area contributed by atoms with E-state index in [4.69, 9.17) is 4.74 Å². The van der Waals surface area contributed by atoms with Gasteiger partial charge in [-0.15, -0.1) is 0 Å². The average molecular weight is 381 g/mol. The number of amides is 2. The van der Waals surface area contributed by atoms with Crippen LogP contribution in [0.5, 0.6) is 5.75 Å². The molecule has 1 fully saturated rings. The molecular formula is C22H27N3O3. The quantitative estimate of drug-likeness (QED) is 0.862. The van der Waals surface area contributed by atoms with Gasteiger partial charge in [-0.2, -0.15) is 0 Å². The lowest BCUT2D eigenvalue weighted by Crippen LogP contribution is -2.48. The van der Waals surface area contributed by atoms with E-state index in [1.807, 2.05) is 55.1 Å². The van der Waals surface area contributed by atoms with Crippen LogP contribution in [0.3, 0.4) is 0 Å². The highest BCUT2D eigenvalue weighted by molar-refractivity contribution is 6.06. The van der Waals surface area contributed by atoms with Gasteiger partial charge >= 0.3 is 0 Å². The van der Waals surface area contributed by atoms with Crippen LogP contribution in [0.15, 0.2) is 48.5 Å². The van der Waals surface area contributed by atoms with E-state index < -0.39 is 0 Å². The Hall–Kier alpha value is -3.02. The third-order valence-electron chi connectivity index (χ3n) is 4.71. The maximum Gasteiger partial charge on any atom is 0.255 e. The average Bonchev–Trinajstić information content (AvgIpc) is 2.68. The Bertz CT molecular complexity index is 825. The molecule has 0 aromatic heterocycles. The summed E-state index contributed by atoms with van der Waals surface area (Å²) in [5.41, 5.74) is 2.32. The van der Waals surface area contributed by atoms with Crippen molar-refractivity contribution >= 4 is 23.2 Å². The summed E-state index contributed by atoms with van der Waals surface area (Å²) in [6.07, 6.45) is 0.0926. The van der Waals surface area contributed by atoms with Crippen molar-refractivity contribution in [2.24, 2.45) is 0 Å². The van der Waals surface area contributed by atoms with E-state index in [1.54, 1.807) is 19.1 Å². The smallest absolute Gasteiger partial charge is 0.255 e. The Kier molecular flexibility index (Phi) is 6.19. The molecule has 2 aromatic carbocycles. The molecule has 1 N–H and O–H groups in total. The predicted octanol–water partition coefficient (Wildman–Crippen LogP) is 3.39. The van der Waals surface area contributed by atoms with Gasteiger partial charge in [0.1, 0.15) is 5.75 Å². The molecule has 0 aliphatic carbocycles. The number of benzene rings is 2. The maximum absolute atomic E-state index is 12.7. The summed E-state index contributed by atoms with van der Waals surface area (Å²) < 4.78 is 5.62. The van der Waals surface area contributed by atoms with E-state index in [1.165, 1.54) is 0 Å². The van der Waals surface area contributed by atoms with Crippen molar-refractivity contribution in [3.63, 3.8) is 0 Å². The molecule has 1 saturated heterocycles. The van der Waals surface area contributed by atoms with Crippen molar-refractivity contribution in [2.45, 2.75) is 26.9 Å². The van der Waals surface area contributed by atoms with Crippen LogP contribution in [0.25, 0.3) is 0 Å². The van der Waals surface area contributed by atoms with Crippen molar-refractivity contribution in [2.75, 3.05) is 36.4 Å². The van der Waals surface area contributed by atoms with E-state index in [0.29, 0.717) is 18.7 Å². The zero-order chi connectivity index (χ0) is 20.1. The summed E-state index contributed by atoms with van der Waals surface area (Å²) in [7, 11) is 0. The Morgan fingerprint density at radius 1 is 0.964 bits per heavy atom. The first-order chi connectivity index (χ1) is 13.4. The van der Waals surface area contributed by atoms with Gasteiger partial charge in [0.15, 0.2) is 0 Å². The summed E-state index contributed by atoms with van der Waals surface area (Å²) in [6.45, 7) is 8.40. The highest BCUT2D eigenvalue weighted by Crippen LogP contribution is 2.27. The van der Waals surface area contributed by atoms with Crippen LogP contribution in [0.2, 0.25) is 0 Å². The molecule has 28 heavy (non-hydrogen) atoms. The number of hydrogen-bond donors (Lipinski definition) is 1. The van der Waals surface area contributed by atoms with Gasteiger partial charge in [0, 0.05) is 38.7 Å². The van der Waals surface area contributed by atoms with Gasteiger partial charge in [-0.05, 0) is 50.2 Å². The molecule has 0 unspecified atom stereocenters. The van der Waals surface area contributed by atoms with Crippen LogP contribution in [0, 0.1) is 0 Å². The molecule has 1 heterocycles. The fraction of sp³-hybridized carbons (Fsp3) is 0.364. The molecule has 1 aliphatic heterocycles. The van der Waals surface area contributed by atoms with Crippen molar-refractivity contribution in [3.05, 3.63) is 54.1 Å². The number of ether oxygens (including phenoxy) is 1. The first-order valence-electron chi connectivity index (χ1n) is 9.61. The van der Waals surface area contributed by atoms with Crippen molar-refractivity contribution in [1.82, 2.24) is 4.90 Å². The Morgan fingerprint density at radius 3 is 2.21 bits per heavy atom. The van der Waals surface area contributed by atoms with Gasteiger partial charge in [0.05, 0.1) is 17.5 Å². The van der Waals surface area contributed by atoms with Crippen LogP contribution >= 0.6 is 0 Å². The molecule has 148 valence electrons. The number of piperazine rings is 1. The summed E-state index contributed by atoms with van der Waals surface area (Å²) in [6, 6.07) is 14.9. The molecule has 0 spiro atoms. The van der Waals surface area contributed by atoms with E-state index in [2.05, 4.69) is 10.2 Å². The van der Waals surface area contributed by atoms with Gasteiger partial charge < -0.3 is 19.9 Å². The van der Waals surface area contributed by atoms with Gasteiger partial charge in [-0.3, -0.25) is 9.59 Å². The minimum absolute atomic E-state index is 0.0926. The van der Waals surface area contributed by atoms with Crippen LogP contribution in [-0.4, -0.2) is 49.0 Å². The number of carbonyl (C=O) groups is 2. The highest BCUT2D eigenvalue weighted by Gasteiger charge is 2.21. The Morgan fingerprint density at radius 2 is 1.61 bits per heavy atom. The van der Waals surface area contributed by atoms with E-state index in [0.717, 1.165) is 30.2 Å². The molecular weight excluding hydrogens is 354 g/mol. The number of hydrogen-bond acceptors (Lipinski definition) is 4. The summed E-state index contributed by atoms with van der Waals surface area (Å²) >= 11 is 0. The van der Waals surface area contributed by atoms with Gasteiger partial charge in [0.2, 0.25) is 5.91 Å². The molecule has 2 amide bonds. The number of nitrogens with zero attached hydrogens (tertiary/aromatic N) is 2. The van der Waals surface area contributed by atoms with Crippen molar-refractivity contribution in [1.29, 1.82) is 0 Å². The lowest BCUT2D eigenvalue weighted by Gasteiger charge is -2.36. The molecule has 2 aromatic rings. The Balaban J connectivity index is 1.69. The molecule has 6 nitrogen and oxygen atoms in total. The standard InChI is InChI=1S/C22H27N3O3/c1-16(2)28-19-10-8-18(9-11-19)22(27)23-20-6-4-5-7-21(20)25-14-12-24(13-15-25)17(3)26/h4-11,16H,12-15H2,1-3H3,(H,23,27). The summed E-state index contributed by atoms with van der Waals surface area (Å²) in [5.74, 6) is 0.687. The monoisotopic (exact) mass is 381 g/mol. The van der Waals surface area contributed by atoms with E-state index >= 15 is 0 Å². The summed E-state index contributed by atoms with van der Waals surface area (Å²) in [5, 5.41) is 3.02. The third-order valence-corrected chi connectivity index (χ3v) is 4.71. The number of nitrogens with one attached hydrogen (secondary N) is 1. The number of anilines is 2. The number of para-hydroxylation sites is 2. The molecule has 0 atom stereocenters. The van der Waals surface area contributed by atoms with Crippen LogP contribution in [0.1, 0.15) is 31.1 Å². The maximum atomic E-state index is 12.7. The SMILES string of the molecule is CC(=O)N1CCN(c2ccccc2NC(=O)c2ccc(OC(C)C)cc2)CC1. The topological polar surface area (TPSA) is 61.9 Å². The molecule has 0 saturated carbocycles. The van der Waals surface area contributed by atoms with Crippen LogP contribution in [0.4, 0.5) is 11.4 Å². The minimum atomic E-state index is -0.161. The normalized spacial score (nSPS) is 14.1. The third kappa shape index (κ3) is 4.82. The van der Waals surface area contributed by atoms with Crippen LogP contribution < -0.4 is 15.0 Å². The molecule has 6 heteroatoms. The zero-order valence-corrected chi connectivity index (χ0v) is 16.6. The lowest BCUT2D eigenvalue weighted by atomic mass is 10.1. The second kappa shape index (κ2) is 8.78. The Labute approximate surface area is 166 Å². The van der Waals surface area contributed by atoms with E-state index in [9.17, 15) is 9.59 Å². The predicted molar refractivity (Wildman–Crippen MR) is 111 cm³/mol. The number of rotatable bonds is 5. The molecule has 0 bridgehead atoms. The number of carbonyl (C=O) groups excluding carboxylic acids is 2. The zero-order valence-electron chi connectivity index (χ0n) is 16.6. The first kappa shape index (κ1) is 19.7. The van der Waals surface area contributed by atoms with Crippen LogP contribution in [-0.2, 0) is 4.79 Å². The molecule has 1 aliphatic rings. The largest absolute Gasteiger partial charge is 0.491 e. The highest BCUT2D eigenvalue weighted by atomic mass is 16.5. The van der Waals surface area contributed by atoms with Gasteiger partial charge in [-0.1, -0.05) is 12.1 Å². The van der Waals surface area contributed by atoms with Crippen molar-refractivity contribution < 1.29 is 14.3 Å². The lowest BCUT2D eigenvalue weighted by molar-refractivity contribution is -0.129. The van der Waals surface area contributed by atoms with Crippen molar-refractivity contribution in [3.8, 4) is 5.75 Å². The van der Waals surface area contributed by atoms with E-state index in [-0.39, 0.29) is 17.9 Å². The minimum Gasteiger partial charge on any atom is -0.491 e. The fourth-order valence-electron chi connectivity index (χ4n) is 3.27. The molecule has 3 rings (SSSR count).